The van der Waals surface area contributed by atoms with Crippen LogP contribution in [0, 0.1) is 5.92 Å². The van der Waals surface area contributed by atoms with Gasteiger partial charge in [-0.05, 0) is 34.3 Å². The van der Waals surface area contributed by atoms with E-state index in [4.69, 9.17) is 4.74 Å². The van der Waals surface area contributed by atoms with Crippen molar-refractivity contribution in [2.24, 2.45) is 5.92 Å². The molecule has 0 radical (unpaired) electrons. The summed E-state index contributed by atoms with van der Waals surface area (Å²) in [4.78, 5) is 6.51. The first kappa shape index (κ1) is 12.8. The van der Waals surface area contributed by atoms with Gasteiger partial charge in [-0.15, -0.1) is 0 Å². The minimum absolute atomic E-state index is 0.312. The number of halogens is 1. The van der Waals surface area contributed by atoms with Gasteiger partial charge in [0, 0.05) is 32.0 Å². The molecule has 0 spiro atoms. The largest absolute Gasteiger partial charge is 0.488 e. The van der Waals surface area contributed by atoms with Gasteiger partial charge in [-0.1, -0.05) is 13.8 Å². The second kappa shape index (κ2) is 5.83. The Morgan fingerprint density at radius 3 is 3.12 bits per heavy atom. The van der Waals surface area contributed by atoms with E-state index < -0.39 is 0 Å². The Balaban J connectivity index is 1.88. The first-order valence-electron chi connectivity index (χ1n) is 6.13. The molecule has 94 valence electrons. The molecule has 0 amide bonds. The predicted octanol–water partition coefficient (Wildman–Crippen LogP) is 2.95. The lowest BCUT2D eigenvalue weighted by atomic mass is 10.2. The standard InChI is InChI=1S/C13H19BrN2O/c1-10(2)8-16-6-4-11(9-16)17-13-3-5-15-7-12(13)14/h3,5,7,10-11H,4,6,8-9H2,1-2H3. The summed E-state index contributed by atoms with van der Waals surface area (Å²) in [5, 5.41) is 0. The Morgan fingerprint density at radius 2 is 2.41 bits per heavy atom. The molecule has 3 nitrogen and oxygen atoms in total. The lowest BCUT2D eigenvalue weighted by molar-refractivity contribution is 0.193. The molecule has 0 N–H and O–H groups in total. The second-order valence-corrected chi connectivity index (χ2v) is 5.84. The van der Waals surface area contributed by atoms with Crippen LogP contribution in [0.5, 0.6) is 5.75 Å². The highest BCUT2D eigenvalue weighted by atomic mass is 79.9. The van der Waals surface area contributed by atoms with Crippen LogP contribution < -0.4 is 4.74 Å². The minimum Gasteiger partial charge on any atom is -0.488 e. The van der Waals surface area contributed by atoms with Crippen molar-refractivity contribution < 1.29 is 4.74 Å². The van der Waals surface area contributed by atoms with E-state index in [1.54, 1.807) is 12.4 Å². The number of hydrogen-bond donors (Lipinski definition) is 0. The van der Waals surface area contributed by atoms with Crippen LogP contribution in [0.2, 0.25) is 0 Å². The molecule has 1 unspecified atom stereocenters. The van der Waals surface area contributed by atoms with Crippen molar-refractivity contribution in [1.29, 1.82) is 0 Å². The molecule has 2 heterocycles. The average Bonchev–Trinajstić information content (AvgIpc) is 2.68. The Labute approximate surface area is 111 Å². The number of likely N-dealkylation sites (tertiary alicyclic amines) is 1. The van der Waals surface area contributed by atoms with Gasteiger partial charge in [0.15, 0.2) is 0 Å². The summed E-state index contributed by atoms with van der Waals surface area (Å²) in [5.74, 6) is 1.62. The monoisotopic (exact) mass is 298 g/mol. The minimum atomic E-state index is 0.312. The Kier molecular flexibility index (Phi) is 4.40. The quantitative estimate of drug-likeness (QED) is 0.854. The molecule has 1 aromatic rings. The van der Waals surface area contributed by atoms with Gasteiger partial charge in [-0.3, -0.25) is 9.88 Å². The van der Waals surface area contributed by atoms with Gasteiger partial charge >= 0.3 is 0 Å². The summed E-state index contributed by atoms with van der Waals surface area (Å²) in [6.45, 7) is 7.86. The normalized spacial score (nSPS) is 21.1. The van der Waals surface area contributed by atoms with Gasteiger partial charge in [0.1, 0.15) is 11.9 Å². The maximum absolute atomic E-state index is 5.99. The molecule has 1 aromatic heterocycles. The zero-order chi connectivity index (χ0) is 12.3. The molecular formula is C13H19BrN2O. The molecule has 2 rings (SSSR count). The van der Waals surface area contributed by atoms with Gasteiger partial charge < -0.3 is 4.74 Å². The molecule has 0 aliphatic carbocycles. The van der Waals surface area contributed by atoms with Crippen molar-refractivity contribution >= 4 is 15.9 Å². The zero-order valence-corrected chi connectivity index (χ0v) is 12.0. The maximum atomic E-state index is 5.99. The molecule has 0 saturated carbocycles. The van der Waals surface area contributed by atoms with Crippen LogP contribution in [0.15, 0.2) is 22.9 Å². The number of nitrogens with zero attached hydrogens (tertiary/aromatic N) is 2. The van der Waals surface area contributed by atoms with E-state index in [1.807, 2.05) is 6.07 Å². The average molecular weight is 299 g/mol. The smallest absolute Gasteiger partial charge is 0.137 e. The van der Waals surface area contributed by atoms with Crippen LogP contribution in [-0.2, 0) is 0 Å². The molecule has 17 heavy (non-hydrogen) atoms. The fourth-order valence-corrected chi connectivity index (χ4v) is 2.56. The van der Waals surface area contributed by atoms with Crippen molar-refractivity contribution in [3.05, 3.63) is 22.9 Å². The molecule has 1 aliphatic rings. The third-order valence-corrected chi connectivity index (χ3v) is 3.48. The summed E-state index contributed by atoms with van der Waals surface area (Å²) in [6.07, 6.45) is 4.96. The predicted molar refractivity (Wildman–Crippen MR) is 72.2 cm³/mol. The topological polar surface area (TPSA) is 25.4 Å². The van der Waals surface area contributed by atoms with Crippen molar-refractivity contribution in [2.45, 2.75) is 26.4 Å². The Bertz CT molecular complexity index is 370. The highest BCUT2D eigenvalue weighted by Gasteiger charge is 2.24. The number of hydrogen-bond acceptors (Lipinski definition) is 3. The van der Waals surface area contributed by atoms with Crippen LogP contribution in [0.4, 0.5) is 0 Å². The van der Waals surface area contributed by atoms with Gasteiger partial charge in [0.05, 0.1) is 4.47 Å². The zero-order valence-electron chi connectivity index (χ0n) is 10.4. The van der Waals surface area contributed by atoms with E-state index in [2.05, 4.69) is 39.7 Å². The molecule has 0 aromatic carbocycles. The number of rotatable bonds is 4. The molecule has 4 heteroatoms. The van der Waals surface area contributed by atoms with Gasteiger partial charge in [0.2, 0.25) is 0 Å². The van der Waals surface area contributed by atoms with Crippen LogP contribution in [0.3, 0.4) is 0 Å². The van der Waals surface area contributed by atoms with Gasteiger partial charge in [-0.25, -0.2) is 0 Å². The van der Waals surface area contributed by atoms with E-state index in [9.17, 15) is 0 Å². The van der Waals surface area contributed by atoms with Crippen LogP contribution in [0.25, 0.3) is 0 Å². The van der Waals surface area contributed by atoms with Crippen molar-refractivity contribution in [2.75, 3.05) is 19.6 Å². The summed E-state index contributed by atoms with van der Waals surface area (Å²) < 4.78 is 6.92. The third-order valence-electron chi connectivity index (χ3n) is 2.88. The van der Waals surface area contributed by atoms with E-state index in [0.29, 0.717) is 6.10 Å². The van der Waals surface area contributed by atoms with E-state index in [0.717, 1.165) is 42.2 Å². The number of aromatic nitrogens is 1. The summed E-state index contributed by atoms with van der Waals surface area (Å²) in [5.41, 5.74) is 0. The second-order valence-electron chi connectivity index (χ2n) is 4.99. The Morgan fingerprint density at radius 1 is 1.59 bits per heavy atom. The molecule has 1 aliphatic heterocycles. The summed E-state index contributed by atoms with van der Waals surface area (Å²) in [7, 11) is 0. The van der Waals surface area contributed by atoms with E-state index in [1.165, 1.54) is 0 Å². The van der Waals surface area contributed by atoms with E-state index in [-0.39, 0.29) is 0 Å². The fourth-order valence-electron chi connectivity index (χ4n) is 2.21. The number of pyridine rings is 1. The molecule has 1 saturated heterocycles. The molecule has 1 fully saturated rings. The fraction of sp³-hybridized carbons (Fsp3) is 0.615. The third kappa shape index (κ3) is 3.68. The van der Waals surface area contributed by atoms with Crippen LogP contribution in [-0.4, -0.2) is 35.6 Å². The number of ether oxygens (including phenoxy) is 1. The van der Waals surface area contributed by atoms with Crippen LogP contribution >= 0.6 is 15.9 Å². The van der Waals surface area contributed by atoms with E-state index >= 15 is 0 Å². The molecule has 0 bridgehead atoms. The lowest BCUT2D eigenvalue weighted by Crippen LogP contribution is -2.28. The van der Waals surface area contributed by atoms with Gasteiger partial charge in [-0.2, -0.15) is 0 Å². The Hall–Kier alpha value is -0.610. The van der Waals surface area contributed by atoms with Crippen molar-refractivity contribution in [3.8, 4) is 5.75 Å². The van der Waals surface area contributed by atoms with Crippen molar-refractivity contribution in [3.63, 3.8) is 0 Å². The first-order chi connectivity index (χ1) is 8.15. The summed E-state index contributed by atoms with van der Waals surface area (Å²) >= 11 is 3.46. The maximum Gasteiger partial charge on any atom is 0.137 e. The highest BCUT2D eigenvalue weighted by Crippen LogP contribution is 2.26. The lowest BCUT2D eigenvalue weighted by Gasteiger charge is -2.18. The SMILES string of the molecule is CC(C)CN1CCC(Oc2ccncc2Br)C1. The van der Waals surface area contributed by atoms with Crippen molar-refractivity contribution in [1.82, 2.24) is 9.88 Å². The summed E-state index contributed by atoms with van der Waals surface area (Å²) in [6, 6.07) is 1.91. The van der Waals surface area contributed by atoms with Crippen LogP contribution in [0.1, 0.15) is 20.3 Å². The highest BCUT2D eigenvalue weighted by molar-refractivity contribution is 9.10. The molecular weight excluding hydrogens is 280 g/mol. The van der Waals surface area contributed by atoms with Gasteiger partial charge in [0.25, 0.3) is 0 Å². The molecule has 1 atom stereocenters. The first-order valence-corrected chi connectivity index (χ1v) is 6.93.